The van der Waals surface area contributed by atoms with Crippen molar-refractivity contribution in [3.63, 3.8) is 0 Å². The first-order valence-electron chi connectivity index (χ1n) is 4.75. The van der Waals surface area contributed by atoms with Gasteiger partial charge >= 0.3 is 0 Å². The van der Waals surface area contributed by atoms with Crippen molar-refractivity contribution in [1.29, 1.82) is 0 Å². The standard InChI is InChI=1S/C10H11NO3S/c12-11(13)9-4-1-3-8(7-9)10-14-5-2-6-15-10/h1,3-4,7,10H,2,5-6H2. The summed E-state index contributed by atoms with van der Waals surface area (Å²) in [7, 11) is 0. The Kier molecular flexibility index (Phi) is 3.23. The average molecular weight is 225 g/mol. The van der Waals surface area contributed by atoms with E-state index in [4.69, 9.17) is 4.74 Å². The molecule has 1 heterocycles. The molecule has 15 heavy (non-hydrogen) atoms. The molecule has 0 spiro atoms. The lowest BCUT2D eigenvalue weighted by Crippen LogP contribution is -2.09. The lowest BCUT2D eigenvalue weighted by atomic mass is 10.2. The maximum absolute atomic E-state index is 10.6. The molecule has 5 heteroatoms. The molecule has 0 saturated carbocycles. The van der Waals surface area contributed by atoms with Gasteiger partial charge < -0.3 is 4.74 Å². The van der Waals surface area contributed by atoms with E-state index in [-0.39, 0.29) is 16.0 Å². The summed E-state index contributed by atoms with van der Waals surface area (Å²) in [4.78, 5) is 10.2. The van der Waals surface area contributed by atoms with Gasteiger partial charge in [-0.1, -0.05) is 12.1 Å². The number of rotatable bonds is 2. The van der Waals surface area contributed by atoms with Crippen LogP contribution in [0.25, 0.3) is 0 Å². The highest BCUT2D eigenvalue weighted by Crippen LogP contribution is 2.35. The van der Waals surface area contributed by atoms with E-state index in [1.807, 2.05) is 6.07 Å². The fourth-order valence-electron chi connectivity index (χ4n) is 1.47. The van der Waals surface area contributed by atoms with Gasteiger partial charge in [0.2, 0.25) is 0 Å². The Morgan fingerprint density at radius 1 is 1.53 bits per heavy atom. The van der Waals surface area contributed by atoms with Gasteiger partial charge in [-0.05, 0) is 17.7 Å². The first kappa shape index (κ1) is 10.4. The lowest BCUT2D eigenvalue weighted by Gasteiger charge is -2.22. The number of thioether (sulfide) groups is 1. The average Bonchev–Trinajstić information content (AvgIpc) is 2.30. The number of nitro benzene ring substituents is 1. The van der Waals surface area contributed by atoms with E-state index in [9.17, 15) is 10.1 Å². The van der Waals surface area contributed by atoms with Gasteiger partial charge in [0.05, 0.1) is 4.92 Å². The van der Waals surface area contributed by atoms with Crippen LogP contribution in [0, 0.1) is 10.1 Å². The van der Waals surface area contributed by atoms with E-state index >= 15 is 0 Å². The van der Waals surface area contributed by atoms with Crippen LogP contribution in [-0.4, -0.2) is 17.3 Å². The van der Waals surface area contributed by atoms with E-state index in [0.717, 1.165) is 24.3 Å². The lowest BCUT2D eigenvalue weighted by molar-refractivity contribution is -0.385. The minimum atomic E-state index is -0.378. The van der Waals surface area contributed by atoms with Crippen LogP contribution in [0.15, 0.2) is 24.3 Å². The van der Waals surface area contributed by atoms with Crippen LogP contribution in [0.5, 0.6) is 0 Å². The van der Waals surface area contributed by atoms with Crippen molar-refractivity contribution >= 4 is 17.4 Å². The molecule has 0 amide bonds. The number of hydrogen-bond donors (Lipinski definition) is 0. The Bertz CT molecular complexity index is 363. The molecule has 1 atom stereocenters. The van der Waals surface area contributed by atoms with Crippen molar-refractivity contribution in [3.8, 4) is 0 Å². The van der Waals surface area contributed by atoms with Crippen molar-refractivity contribution in [2.24, 2.45) is 0 Å². The highest BCUT2D eigenvalue weighted by Gasteiger charge is 2.18. The van der Waals surface area contributed by atoms with Crippen molar-refractivity contribution < 1.29 is 9.66 Å². The summed E-state index contributed by atoms with van der Waals surface area (Å²) in [5.41, 5.74) is 0.967. The minimum absolute atomic E-state index is 0.0429. The minimum Gasteiger partial charge on any atom is -0.363 e. The molecule has 1 aromatic rings. The molecule has 0 aromatic heterocycles. The highest BCUT2D eigenvalue weighted by molar-refractivity contribution is 7.99. The van der Waals surface area contributed by atoms with Crippen LogP contribution < -0.4 is 0 Å². The van der Waals surface area contributed by atoms with E-state index in [2.05, 4.69) is 0 Å². The second-order valence-corrected chi connectivity index (χ2v) is 4.45. The molecule has 4 nitrogen and oxygen atoms in total. The fourth-order valence-corrected chi connectivity index (χ4v) is 2.50. The molecule has 1 unspecified atom stereocenters. The molecule has 0 radical (unpaired) electrons. The number of non-ortho nitro benzene ring substituents is 1. The molecule has 1 aliphatic heterocycles. The molecule has 0 bridgehead atoms. The Hall–Kier alpha value is -1.07. The van der Waals surface area contributed by atoms with Gasteiger partial charge in [0.15, 0.2) is 0 Å². The normalized spacial score (nSPS) is 21.2. The van der Waals surface area contributed by atoms with Gasteiger partial charge in [-0.2, -0.15) is 0 Å². The molecule has 0 aliphatic carbocycles. The second kappa shape index (κ2) is 4.63. The van der Waals surface area contributed by atoms with Crippen molar-refractivity contribution in [2.75, 3.05) is 12.4 Å². The van der Waals surface area contributed by atoms with E-state index in [0.29, 0.717) is 0 Å². The zero-order valence-corrected chi connectivity index (χ0v) is 8.90. The molecule has 1 aromatic carbocycles. The van der Waals surface area contributed by atoms with Crippen molar-refractivity contribution in [2.45, 2.75) is 11.9 Å². The molecule has 0 N–H and O–H groups in total. The molecule has 2 rings (SSSR count). The molecule has 1 fully saturated rings. The smallest absolute Gasteiger partial charge is 0.269 e. The zero-order valence-electron chi connectivity index (χ0n) is 8.09. The Morgan fingerprint density at radius 3 is 3.07 bits per heavy atom. The van der Waals surface area contributed by atoms with Gasteiger partial charge in [-0.15, -0.1) is 11.8 Å². The van der Waals surface area contributed by atoms with Crippen LogP contribution in [-0.2, 0) is 4.74 Å². The largest absolute Gasteiger partial charge is 0.363 e. The summed E-state index contributed by atoms with van der Waals surface area (Å²) in [6.45, 7) is 0.736. The number of nitro groups is 1. The van der Waals surface area contributed by atoms with Gasteiger partial charge in [0.1, 0.15) is 5.44 Å². The van der Waals surface area contributed by atoms with Crippen LogP contribution in [0.2, 0.25) is 0 Å². The van der Waals surface area contributed by atoms with Crippen LogP contribution >= 0.6 is 11.8 Å². The van der Waals surface area contributed by atoms with Gasteiger partial charge in [0.25, 0.3) is 5.69 Å². The summed E-state index contributed by atoms with van der Waals surface area (Å²) < 4.78 is 5.54. The van der Waals surface area contributed by atoms with Crippen LogP contribution in [0.3, 0.4) is 0 Å². The maximum Gasteiger partial charge on any atom is 0.269 e. The molecular formula is C10H11NO3S. The molecule has 80 valence electrons. The topological polar surface area (TPSA) is 52.4 Å². The predicted octanol–water partition coefficient (Wildman–Crippen LogP) is 2.75. The van der Waals surface area contributed by atoms with Gasteiger partial charge in [-0.25, -0.2) is 0 Å². The predicted molar refractivity (Wildman–Crippen MR) is 58.9 cm³/mol. The third-order valence-electron chi connectivity index (χ3n) is 2.18. The van der Waals surface area contributed by atoms with E-state index in [1.54, 1.807) is 23.9 Å². The van der Waals surface area contributed by atoms with Crippen LogP contribution in [0.1, 0.15) is 17.4 Å². The summed E-state index contributed by atoms with van der Waals surface area (Å²) in [6.07, 6.45) is 1.05. The molecule has 1 saturated heterocycles. The van der Waals surface area contributed by atoms with Crippen molar-refractivity contribution in [1.82, 2.24) is 0 Å². The first-order chi connectivity index (χ1) is 7.27. The SMILES string of the molecule is O=[N+]([O-])c1cccc(C2OCCCS2)c1. The Balaban J connectivity index is 2.19. The number of benzene rings is 1. The maximum atomic E-state index is 10.6. The quantitative estimate of drug-likeness (QED) is 0.573. The van der Waals surface area contributed by atoms with Gasteiger partial charge in [-0.3, -0.25) is 10.1 Å². The highest BCUT2D eigenvalue weighted by atomic mass is 32.2. The Morgan fingerprint density at radius 2 is 2.40 bits per heavy atom. The second-order valence-electron chi connectivity index (χ2n) is 3.28. The van der Waals surface area contributed by atoms with E-state index < -0.39 is 0 Å². The first-order valence-corrected chi connectivity index (χ1v) is 5.80. The summed E-state index contributed by atoms with van der Waals surface area (Å²) in [5.74, 6) is 1.05. The fraction of sp³-hybridized carbons (Fsp3) is 0.400. The number of ether oxygens (including phenoxy) is 1. The summed E-state index contributed by atoms with van der Waals surface area (Å²) >= 11 is 1.69. The van der Waals surface area contributed by atoms with E-state index in [1.165, 1.54) is 6.07 Å². The molecular weight excluding hydrogens is 214 g/mol. The third kappa shape index (κ3) is 2.49. The molecule has 1 aliphatic rings. The van der Waals surface area contributed by atoms with Gasteiger partial charge in [0, 0.05) is 18.7 Å². The number of hydrogen-bond acceptors (Lipinski definition) is 4. The van der Waals surface area contributed by atoms with Crippen LogP contribution in [0.4, 0.5) is 5.69 Å². The third-order valence-corrected chi connectivity index (χ3v) is 3.42. The number of nitrogens with zero attached hydrogens (tertiary/aromatic N) is 1. The monoisotopic (exact) mass is 225 g/mol. The zero-order chi connectivity index (χ0) is 10.7. The summed E-state index contributed by atoms with van der Waals surface area (Å²) in [6, 6.07) is 6.65. The van der Waals surface area contributed by atoms with Crippen molar-refractivity contribution in [3.05, 3.63) is 39.9 Å². The Labute approximate surface area is 91.8 Å². The summed E-state index contributed by atoms with van der Waals surface area (Å²) in [5, 5.41) is 10.6.